The molecule has 0 aliphatic heterocycles. The Balaban J connectivity index is 2.61. The highest BCUT2D eigenvalue weighted by molar-refractivity contribution is 5.81. The molecule has 0 aliphatic carbocycles. The minimum atomic E-state index is -0.523. The summed E-state index contributed by atoms with van der Waals surface area (Å²) in [6, 6.07) is -0.523. The normalized spacial score (nSPS) is 12.2. The summed E-state index contributed by atoms with van der Waals surface area (Å²) >= 11 is 0. The second-order valence-electron chi connectivity index (χ2n) is 4.12. The van der Waals surface area contributed by atoms with Crippen molar-refractivity contribution in [3.05, 3.63) is 29.6 Å². The smallest absolute Gasteiger partial charge is 0.237 e. The van der Waals surface area contributed by atoms with Gasteiger partial charge in [-0.25, -0.2) is 0 Å². The van der Waals surface area contributed by atoms with Crippen molar-refractivity contribution in [2.75, 3.05) is 0 Å². The molecule has 5 heteroatoms. The van der Waals surface area contributed by atoms with E-state index in [0.29, 0.717) is 13.0 Å². The third kappa shape index (κ3) is 3.17. The molecule has 1 heterocycles. The van der Waals surface area contributed by atoms with Gasteiger partial charge in [-0.15, -0.1) is 6.58 Å². The van der Waals surface area contributed by atoms with Crippen LogP contribution in [0.25, 0.3) is 0 Å². The second kappa shape index (κ2) is 5.63. The van der Waals surface area contributed by atoms with E-state index in [1.54, 1.807) is 10.8 Å². The first-order valence-corrected chi connectivity index (χ1v) is 5.60. The maximum Gasteiger partial charge on any atom is 0.237 e. The molecule has 0 fully saturated rings. The van der Waals surface area contributed by atoms with E-state index in [1.807, 2.05) is 20.9 Å². The lowest BCUT2D eigenvalue weighted by molar-refractivity contribution is -0.122. The molecule has 1 rings (SSSR count). The molecule has 1 aromatic heterocycles. The van der Waals surface area contributed by atoms with Crippen LogP contribution in [0.2, 0.25) is 0 Å². The van der Waals surface area contributed by atoms with Crippen molar-refractivity contribution < 1.29 is 4.79 Å². The number of aromatic nitrogens is 2. The molecule has 0 radical (unpaired) electrons. The molecule has 0 aliphatic rings. The second-order valence-corrected chi connectivity index (χ2v) is 4.12. The van der Waals surface area contributed by atoms with Crippen molar-refractivity contribution in [1.82, 2.24) is 15.1 Å². The molecule has 3 N–H and O–H groups in total. The molecule has 1 amide bonds. The van der Waals surface area contributed by atoms with Crippen molar-refractivity contribution in [3.8, 4) is 0 Å². The first kappa shape index (κ1) is 13.4. The molecule has 0 bridgehead atoms. The molecule has 1 unspecified atom stereocenters. The van der Waals surface area contributed by atoms with Gasteiger partial charge < -0.3 is 11.1 Å². The highest BCUT2D eigenvalue weighted by Crippen LogP contribution is 2.11. The Kier molecular flexibility index (Phi) is 4.45. The van der Waals surface area contributed by atoms with E-state index < -0.39 is 6.04 Å². The fourth-order valence-corrected chi connectivity index (χ4v) is 1.67. The Labute approximate surface area is 102 Å². The average Bonchev–Trinajstić information content (AvgIpc) is 2.51. The number of aryl methyl sites for hydroxylation is 2. The summed E-state index contributed by atoms with van der Waals surface area (Å²) in [5, 5.41) is 7.10. The number of rotatable bonds is 5. The summed E-state index contributed by atoms with van der Waals surface area (Å²) in [6.07, 6.45) is 2.13. The first-order valence-electron chi connectivity index (χ1n) is 5.60. The van der Waals surface area contributed by atoms with Crippen molar-refractivity contribution in [3.63, 3.8) is 0 Å². The summed E-state index contributed by atoms with van der Waals surface area (Å²) < 4.78 is 1.81. The molecular weight excluding hydrogens is 216 g/mol. The van der Waals surface area contributed by atoms with Crippen molar-refractivity contribution in [2.45, 2.75) is 32.9 Å². The predicted molar refractivity (Wildman–Crippen MR) is 67.3 cm³/mol. The van der Waals surface area contributed by atoms with E-state index >= 15 is 0 Å². The van der Waals surface area contributed by atoms with Crippen LogP contribution in [-0.2, 0) is 18.4 Å². The Morgan fingerprint density at radius 1 is 1.65 bits per heavy atom. The molecule has 5 nitrogen and oxygen atoms in total. The van der Waals surface area contributed by atoms with Crippen molar-refractivity contribution in [1.29, 1.82) is 0 Å². The monoisotopic (exact) mass is 236 g/mol. The van der Waals surface area contributed by atoms with Gasteiger partial charge in [0.1, 0.15) is 0 Å². The van der Waals surface area contributed by atoms with E-state index in [1.165, 1.54) is 0 Å². The number of nitrogens with two attached hydrogens (primary N) is 1. The number of carbonyl (C=O) groups excluding carboxylic acids is 1. The summed E-state index contributed by atoms with van der Waals surface area (Å²) in [7, 11) is 1.89. The Bertz CT molecular complexity index is 422. The molecule has 1 atom stereocenters. The van der Waals surface area contributed by atoms with E-state index in [2.05, 4.69) is 17.0 Å². The molecular formula is C12H20N4O. The van der Waals surface area contributed by atoms with Crippen LogP contribution in [0, 0.1) is 13.8 Å². The van der Waals surface area contributed by atoms with Gasteiger partial charge in [0, 0.05) is 24.8 Å². The Hall–Kier alpha value is -1.62. The average molecular weight is 236 g/mol. The van der Waals surface area contributed by atoms with Crippen LogP contribution in [0.3, 0.4) is 0 Å². The zero-order valence-electron chi connectivity index (χ0n) is 10.7. The molecule has 0 saturated heterocycles. The summed E-state index contributed by atoms with van der Waals surface area (Å²) in [5.41, 5.74) is 8.71. The molecule has 0 spiro atoms. The first-order chi connectivity index (χ1) is 7.97. The quantitative estimate of drug-likeness (QED) is 0.734. The Morgan fingerprint density at radius 2 is 2.29 bits per heavy atom. The maximum absolute atomic E-state index is 11.6. The van der Waals surface area contributed by atoms with Gasteiger partial charge in [0.15, 0.2) is 0 Å². The van der Waals surface area contributed by atoms with E-state index in [0.717, 1.165) is 17.0 Å². The lowest BCUT2D eigenvalue weighted by Crippen LogP contribution is -2.39. The number of nitrogens with one attached hydrogen (secondary N) is 1. The van der Waals surface area contributed by atoms with Crippen LogP contribution in [0.1, 0.15) is 23.4 Å². The highest BCUT2D eigenvalue weighted by Gasteiger charge is 2.14. The minimum Gasteiger partial charge on any atom is -0.351 e. The van der Waals surface area contributed by atoms with Crippen molar-refractivity contribution in [2.24, 2.45) is 12.8 Å². The number of hydrogen-bond acceptors (Lipinski definition) is 3. The lowest BCUT2D eigenvalue weighted by Gasteiger charge is -2.10. The van der Waals surface area contributed by atoms with E-state index in [4.69, 9.17) is 5.73 Å². The van der Waals surface area contributed by atoms with Crippen LogP contribution in [0.15, 0.2) is 12.7 Å². The largest absolute Gasteiger partial charge is 0.351 e. The van der Waals surface area contributed by atoms with Gasteiger partial charge in [0.25, 0.3) is 0 Å². The lowest BCUT2D eigenvalue weighted by atomic mass is 10.1. The van der Waals surface area contributed by atoms with Gasteiger partial charge in [-0.2, -0.15) is 5.10 Å². The molecule has 0 aromatic carbocycles. The third-order valence-electron chi connectivity index (χ3n) is 2.86. The fourth-order valence-electron chi connectivity index (χ4n) is 1.67. The number of hydrogen-bond donors (Lipinski definition) is 2. The fraction of sp³-hybridized carbons (Fsp3) is 0.500. The topological polar surface area (TPSA) is 72.9 Å². The van der Waals surface area contributed by atoms with Gasteiger partial charge in [-0.1, -0.05) is 6.08 Å². The zero-order valence-corrected chi connectivity index (χ0v) is 10.7. The minimum absolute atomic E-state index is 0.160. The number of nitrogens with zero attached hydrogens (tertiary/aromatic N) is 2. The SMILES string of the molecule is C=CCC(N)C(=O)NCc1c(C)nn(C)c1C. The van der Waals surface area contributed by atoms with Crippen LogP contribution in [-0.4, -0.2) is 21.7 Å². The Morgan fingerprint density at radius 3 is 2.76 bits per heavy atom. The predicted octanol–water partition coefficient (Wildman–Crippen LogP) is 0.557. The molecule has 1 aromatic rings. The zero-order chi connectivity index (χ0) is 13.0. The molecule has 94 valence electrons. The summed E-state index contributed by atoms with van der Waals surface area (Å²) in [6.45, 7) is 7.93. The summed E-state index contributed by atoms with van der Waals surface area (Å²) in [5.74, 6) is -0.160. The van der Waals surface area contributed by atoms with Crippen LogP contribution in [0.5, 0.6) is 0 Å². The van der Waals surface area contributed by atoms with E-state index in [-0.39, 0.29) is 5.91 Å². The molecule has 17 heavy (non-hydrogen) atoms. The number of amides is 1. The maximum atomic E-state index is 11.6. The van der Waals surface area contributed by atoms with Gasteiger partial charge >= 0.3 is 0 Å². The molecule has 0 saturated carbocycles. The van der Waals surface area contributed by atoms with Gasteiger partial charge in [0.2, 0.25) is 5.91 Å². The van der Waals surface area contributed by atoms with Crippen LogP contribution < -0.4 is 11.1 Å². The van der Waals surface area contributed by atoms with Crippen molar-refractivity contribution >= 4 is 5.91 Å². The van der Waals surface area contributed by atoms with Gasteiger partial charge in [-0.05, 0) is 20.3 Å². The summed E-state index contributed by atoms with van der Waals surface area (Å²) in [4.78, 5) is 11.6. The van der Waals surface area contributed by atoms with Gasteiger partial charge in [-0.3, -0.25) is 9.48 Å². The van der Waals surface area contributed by atoms with Gasteiger partial charge in [0.05, 0.1) is 11.7 Å². The number of carbonyl (C=O) groups is 1. The highest BCUT2D eigenvalue weighted by atomic mass is 16.2. The van der Waals surface area contributed by atoms with Crippen LogP contribution >= 0.6 is 0 Å². The van der Waals surface area contributed by atoms with E-state index in [9.17, 15) is 4.79 Å². The standard InChI is InChI=1S/C12H20N4O/c1-5-6-11(13)12(17)14-7-10-8(2)15-16(4)9(10)3/h5,11H,1,6-7,13H2,2-4H3,(H,14,17). The third-order valence-corrected chi connectivity index (χ3v) is 2.86. The van der Waals surface area contributed by atoms with Crippen LogP contribution in [0.4, 0.5) is 0 Å².